The summed E-state index contributed by atoms with van der Waals surface area (Å²) in [7, 11) is 0. The maximum absolute atomic E-state index is 12.2. The maximum Gasteiger partial charge on any atom is 0.163 e. The zero-order chi connectivity index (χ0) is 19.3. The normalized spacial score (nSPS) is 13.9. The number of aryl methyl sites for hydroxylation is 1. The summed E-state index contributed by atoms with van der Waals surface area (Å²) < 4.78 is 2.17. The molecule has 4 rings (SSSR count). The van der Waals surface area contributed by atoms with Crippen LogP contribution >= 0.6 is 0 Å². The van der Waals surface area contributed by atoms with Crippen molar-refractivity contribution in [2.45, 2.75) is 46.2 Å². The fraction of sp³-hybridized carbons (Fsp3) is 0.364. The van der Waals surface area contributed by atoms with Crippen molar-refractivity contribution in [3.05, 3.63) is 41.0 Å². The minimum absolute atomic E-state index is 0.00333. The van der Waals surface area contributed by atoms with Crippen molar-refractivity contribution in [3.8, 4) is 5.75 Å². The van der Waals surface area contributed by atoms with E-state index in [4.69, 9.17) is 0 Å². The molecule has 2 N–H and O–H groups in total. The number of carbonyl (C=O) groups is 2. The second-order valence-corrected chi connectivity index (χ2v) is 7.61. The first-order valence-corrected chi connectivity index (χ1v) is 9.46. The van der Waals surface area contributed by atoms with Gasteiger partial charge in [0.25, 0.3) is 0 Å². The van der Waals surface area contributed by atoms with Gasteiger partial charge in [0.15, 0.2) is 11.6 Å². The summed E-state index contributed by atoms with van der Waals surface area (Å²) in [6.45, 7) is 7.21. The van der Waals surface area contributed by atoms with Gasteiger partial charge in [-0.2, -0.15) is 0 Å². The first kappa shape index (κ1) is 17.7. The minimum atomic E-state index is -0.166. The molecule has 0 atom stereocenters. The van der Waals surface area contributed by atoms with Crippen molar-refractivity contribution in [2.24, 2.45) is 0 Å². The van der Waals surface area contributed by atoms with E-state index >= 15 is 0 Å². The Balaban J connectivity index is 2.01. The van der Waals surface area contributed by atoms with E-state index in [9.17, 15) is 14.7 Å². The maximum atomic E-state index is 12.2. The van der Waals surface area contributed by atoms with E-state index in [0.717, 1.165) is 52.4 Å². The Hall–Kier alpha value is -2.66. The summed E-state index contributed by atoms with van der Waals surface area (Å²) in [6, 6.07) is 7.77. The zero-order valence-electron chi connectivity index (χ0n) is 15.9. The molecular formula is C22H24N2O3. The van der Waals surface area contributed by atoms with Crippen molar-refractivity contribution in [3.63, 3.8) is 0 Å². The van der Waals surface area contributed by atoms with E-state index in [1.807, 2.05) is 12.1 Å². The Morgan fingerprint density at radius 1 is 1.22 bits per heavy atom. The molecule has 1 heterocycles. The molecule has 27 heavy (non-hydrogen) atoms. The third kappa shape index (κ3) is 2.82. The molecule has 0 unspecified atom stereocenters. The number of hydrogen-bond acceptors (Lipinski definition) is 4. The second-order valence-electron chi connectivity index (χ2n) is 7.61. The summed E-state index contributed by atoms with van der Waals surface area (Å²) in [6.07, 6.45) is 1.26. The summed E-state index contributed by atoms with van der Waals surface area (Å²) in [5.41, 5.74) is 4.12. The third-order valence-corrected chi connectivity index (χ3v) is 5.43. The van der Waals surface area contributed by atoms with Crippen molar-refractivity contribution < 1.29 is 14.7 Å². The third-order valence-electron chi connectivity index (χ3n) is 5.43. The van der Waals surface area contributed by atoms with E-state index in [0.29, 0.717) is 18.0 Å². The second kappa shape index (κ2) is 6.50. The van der Waals surface area contributed by atoms with Gasteiger partial charge in [0.2, 0.25) is 0 Å². The average Bonchev–Trinajstić information content (AvgIpc) is 3.12. The molecule has 5 nitrogen and oxygen atoms in total. The molecule has 1 aromatic heterocycles. The van der Waals surface area contributed by atoms with Gasteiger partial charge >= 0.3 is 0 Å². The number of Topliss-reactive ketones (excluding diaryl/α,β-unsaturated/α-hetero) is 2. The quantitative estimate of drug-likeness (QED) is 0.675. The Kier molecular flexibility index (Phi) is 4.27. The Bertz CT molecular complexity index is 1090. The van der Waals surface area contributed by atoms with Gasteiger partial charge in [-0.3, -0.25) is 9.59 Å². The number of aromatic hydroxyl groups is 1. The van der Waals surface area contributed by atoms with Crippen LogP contribution in [0.5, 0.6) is 5.75 Å². The van der Waals surface area contributed by atoms with Gasteiger partial charge in [0.05, 0.1) is 11.1 Å². The molecule has 2 aromatic carbocycles. The number of nitrogens with one attached hydrogen (secondary N) is 1. The summed E-state index contributed by atoms with van der Waals surface area (Å²) in [5.74, 6) is 0.0175. The van der Waals surface area contributed by atoms with Crippen LogP contribution in [-0.2, 0) is 13.0 Å². The lowest BCUT2D eigenvalue weighted by atomic mass is 10.0. The van der Waals surface area contributed by atoms with Gasteiger partial charge in [-0.1, -0.05) is 13.8 Å². The van der Waals surface area contributed by atoms with Crippen molar-refractivity contribution in [1.29, 1.82) is 0 Å². The lowest BCUT2D eigenvalue weighted by Crippen LogP contribution is -2.26. The van der Waals surface area contributed by atoms with Crippen LogP contribution in [-0.4, -0.2) is 33.8 Å². The Morgan fingerprint density at radius 3 is 2.70 bits per heavy atom. The van der Waals surface area contributed by atoms with E-state index in [2.05, 4.69) is 23.7 Å². The van der Waals surface area contributed by atoms with Gasteiger partial charge in [-0.05, 0) is 37.1 Å². The van der Waals surface area contributed by atoms with Gasteiger partial charge in [-0.15, -0.1) is 0 Å². The van der Waals surface area contributed by atoms with Crippen molar-refractivity contribution >= 4 is 33.4 Å². The minimum Gasteiger partial charge on any atom is -0.507 e. The average molecular weight is 364 g/mol. The fourth-order valence-corrected chi connectivity index (χ4v) is 4.17. The Labute approximate surface area is 158 Å². The standard InChI is InChI=1S/C22H24N2O3/c1-12(2)23-8-9-24-18-6-4-14-15(5-7-20(14)26)22(18)17-10-16(13(3)25)21(27)11-19(17)24/h4,6,10-12,23,27H,5,7-9H2,1-3H3. The van der Waals surface area contributed by atoms with Crippen LogP contribution < -0.4 is 5.32 Å². The van der Waals surface area contributed by atoms with Gasteiger partial charge < -0.3 is 15.0 Å². The summed E-state index contributed by atoms with van der Waals surface area (Å²) >= 11 is 0. The number of carbonyl (C=O) groups excluding carboxylic acids is 2. The summed E-state index contributed by atoms with van der Waals surface area (Å²) in [4.78, 5) is 24.2. The molecule has 0 amide bonds. The number of phenolic OH excluding ortho intramolecular Hbond substituents is 1. The SMILES string of the molecule is CC(=O)c1cc2c3c4c(ccc3n(CCNC(C)C)c2cc1O)C(=O)CC4. The molecular weight excluding hydrogens is 340 g/mol. The number of phenols is 1. The van der Waals surface area contributed by atoms with Crippen LogP contribution in [0, 0.1) is 0 Å². The fourth-order valence-electron chi connectivity index (χ4n) is 4.17. The van der Waals surface area contributed by atoms with Crippen LogP contribution in [0.1, 0.15) is 53.5 Å². The first-order chi connectivity index (χ1) is 12.9. The van der Waals surface area contributed by atoms with Gasteiger partial charge in [0, 0.05) is 53.5 Å². The van der Waals surface area contributed by atoms with Crippen LogP contribution in [0.15, 0.2) is 24.3 Å². The monoisotopic (exact) mass is 364 g/mol. The van der Waals surface area contributed by atoms with Crippen LogP contribution in [0.2, 0.25) is 0 Å². The molecule has 0 radical (unpaired) electrons. The number of aromatic nitrogens is 1. The molecule has 1 aliphatic rings. The van der Waals surface area contributed by atoms with E-state index in [1.165, 1.54) is 6.92 Å². The molecule has 0 fully saturated rings. The number of ketones is 2. The molecule has 1 aliphatic carbocycles. The molecule has 0 spiro atoms. The molecule has 0 saturated heterocycles. The Morgan fingerprint density at radius 2 is 2.00 bits per heavy atom. The predicted molar refractivity (Wildman–Crippen MR) is 107 cm³/mol. The first-order valence-electron chi connectivity index (χ1n) is 9.46. The topological polar surface area (TPSA) is 71.3 Å². The van der Waals surface area contributed by atoms with Crippen molar-refractivity contribution in [2.75, 3.05) is 6.54 Å². The van der Waals surface area contributed by atoms with E-state index in [-0.39, 0.29) is 17.3 Å². The molecule has 0 aliphatic heterocycles. The zero-order valence-corrected chi connectivity index (χ0v) is 15.9. The number of fused-ring (bicyclic) bond motifs is 5. The molecule has 0 bridgehead atoms. The van der Waals surface area contributed by atoms with Crippen LogP contribution in [0.25, 0.3) is 21.8 Å². The smallest absolute Gasteiger partial charge is 0.163 e. The highest BCUT2D eigenvalue weighted by atomic mass is 16.3. The molecule has 140 valence electrons. The number of benzene rings is 2. The molecule has 5 heteroatoms. The van der Waals surface area contributed by atoms with Gasteiger partial charge in [0.1, 0.15) is 5.75 Å². The molecule has 3 aromatic rings. The largest absolute Gasteiger partial charge is 0.507 e. The van der Waals surface area contributed by atoms with Crippen molar-refractivity contribution in [1.82, 2.24) is 9.88 Å². The van der Waals surface area contributed by atoms with E-state index in [1.54, 1.807) is 12.1 Å². The predicted octanol–water partition coefficient (Wildman–Crippen LogP) is 3.83. The van der Waals surface area contributed by atoms with Gasteiger partial charge in [-0.25, -0.2) is 0 Å². The highest BCUT2D eigenvalue weighted by Crippen LogP contribution is 2.39. The lowest BCUT2D eigenvalue weighted by Gasteiger charge is -2.12. The highest BCUT2D eigenvalue weighted by molar-refractivity contribution is 6.16. The van der Waals surface area contributed by atoms with Crippen LogP contribution in [0.3, 0.4) is 0 Å². The lowest BCUT2D eigenvalue weighted by molar-refractivity contribution is 0.0991. The highest BCUT2D eigenvalue weighted by Gasteiger charge is 2.25. The van der Waals surface area contributed by atoms with E-state index < -0.39 is 0 Å². The number of hydrogen-bond donors (Lipinski definition) is 2. The number of nitrogens with zero attached hydrogens (tertiary/aromatic N) is 1. The molecule has 0 saturated carbocycles. The summed E-state index contributed by atoms with van der Waals surface area (Å²) in [5, 5.41) is 15.8. The number of rotatable bonds is 5. The van der Waals surface area contributed by atoms with Crippen LogP contribution in [0.4, 0.5) is 0 Å².